The normalized spacial score (nSPS) is 11.1. The van der Waals surface area contributed by atoms with Crippen molar-refractivity contribution in [2.75, 3.05) is 13.2 Å². The lowest BCUT2D eigenvalue weighted by molar-refractivity contribution is 0.134. The van der Waals surface area contributed by atoms with Crippen LogP contribution >= 0.6 is 11.3 Å². The van der Waals surface area contributed by atoms with Crippen LogP contribution in [0.15, 0.2) is 29.6 Å². The van der Waals surface area contributed by atoms with Crippen molar-refractivity contribution in [1.29, 1.82) is 0 Å². The molecule has 0 spiro atoms. The number of fused-ring (bicyclic) bond motifs is 1. The summed E-state index contributed by atoms with van der Waals surface area (Å²) in [6, 6.07) is 8.87. The van der Waals surface area contributed by atoms with Crippen LogP contribution in [0, 0.1) is 0 Å². The highest BCUT2D eigenvalue weighted by Gasteiger charge is 1.97. The minimum atomic E-state index is 0.843. The van der Waals surface area contributed by atoms with E-state index in [1.807, 2.05) is 0 Å². The van der Waals surface area contributed by atoms with E-state index in [1.54, 1.807) is 11.3 Å². The SMILES string of the molecule is CCCCOCCc1ccc2sccc2c1. The maximum Gasteiger partial charge on any atom is 0.0506 e. The Bertz CT molecular complexity index is 433. The van der Waals surface area contributed by atoms with Gasteiger partial charge in [0.25, 0.3) is 0 Å². The van der Waals surface area contributed by atoms with Gasteiger partial charge in [-0.15, -0.1) is 11.3 Å². The van der Waals surface area contributed by atoms with Crippen molar-refractivity contribution in [3.8, 4) is 0 Å². The van der Waals surface area contributed by atoms with Crippen molar-refractivity contribution in [1.82, 2.24) is 0 Å². The van der Waals surface area contributed by atoms with Crippen LogP contribution in [-0.4, -0.2) is 13.2 Å². The van der Waals surface area contributed by atoms with E-state index in [4.69, 9.17) is 4.74 Å². The maximum atomic E-state index is 5.57. The smallest absolute Gasteiger partial charge is 0.0506 e. The Morgan fingerprint density at radius 3 is 3.00 bits per heavy atom. The van der Waals surface area contributed by atoms with E-state index < -0.39 is 0 Å². The standard InChI is InChI=1S/C14H18OS/c1-2-3-8-15-9-6-12-4-5-14-13(11-12)7-10-16-14/h4-5,7,10-11H,2-3,6,8-9H2,1H3. The Balaban J connectivity index is 1.84. The van der Waals surface area contributed by atoms with Crippen LogP contribution in [0.5, 0.6) is 0 Å². The van der Waals surface area contributed by atoms with Crippen LogP contribution in [0.4, 0.5) is 0 Å². The predicted molar refractivity (Wildman–Crippen MR) is 71.3 cm³/mol. The molecule has 0 aliphatic carbocycles. The van der Waals surface area contributed by atoms with Crippen molar-refractivity contribution in [2.45, 2.75) is 26.2 Å². The third-order valence-electron chi connectivity index (χ3n) is 2.69. The molecule has 0 bridgehead atoms. The van der Waals surface area contributed by atoms with Gasteiger partial charge >= 0.3 is 0 Å². The Morgan fingerprint density at radius 2 is 2.12 bits per heavy atom. The largest absolute Gasteiger partial charge is 0.381 e. The molecule has 0 amide bonds. The van der Waals surface area contributed by atoms with E-state index in [0.29, 0.717) is 0 Å². The molecule has 0 aliphatic heterocycles. The first-order chi connectivity index (χ1) is 7.90. The maximum absolute atomic E-state index is 5.57. The van der Waals surface area contributed by atoms with Crippen LogP contribution < -0.4 is 0 Å². The summed E-state index contributed by atoms with van der Waals surface area (Å²) in [5.74, 6) is 0. The number of thiophene rings is 1. The van der Waals surface area contributed by atoms with Crippen molar-refractivity contribution in [3.05, 3.63) is 35.2 Å². The summed E-state index contributed by atoms with van der Waals surface area (Å²) in [7, 11) is 0. The molecule has 2 rings (SSSR count). The highest BCUT2D eigenvalue weighted by molar-refractivity contribution is 7.17. The second-order valence-corrected chi connectivity index (χ2v) is 4.96. The zero-order valence-corrected chi connectivity index (χ0v) is 10.6. The second kappa shape index (κ2) is 6.02. The van der Waals surface area contributed by atoms with Gasteiger partial charge < -0.3 is 4.74 Å². The van der Waals surface area contributed by atoms with Gasteiger partial charge in [0.15, 0.2) is 0 Å². The molecule has 0 aliphatic rings. The molecule has 1 aromatic carbocycles. The molecule has 1 heterocycles. The van der Waals surface area contributed by atoms with Crippen molar-refractivity contribution >= 4 is 21.4 Å². The Hall–Kier alpha value is -0.860. The summed E-state index contributed by atoms with van der Waals surface area (Å²) in [6.45, 7) is 3.93. The number of unbranched alkanes of at least 4 members (excludes halogenated alkanes) is 1. The molecule has 1 aromatic heterocycles. The van der Waals surface area contributed by atoms with Gasteiger partial charge in [-0.05, 0) is 41.3 Å². The third-order valence-corrected chi connectivity index (χ3v) is 3.59. The van der Waals surface area contributed by atoms with E-state index in [2.05, 4.69) is 36.6 Å². The lowest BCUT2D eigenvalue weighted by Gasteiger charge is -2.03. The molecular weight excluding hydrogens is 216 g/mol. The molecule has 0 atom stereocenters. The molecule has 0 N–H and O–H groups in total. The van der Waals surface area contributed by atoms with Gasteiger partial charge in [0.05, 0.1) is 6.61 Å². The van der Waals surface area contributed by atoms with E-state index in [9.17, 15) is 0 Å². The molecule has 0 saturated heterocycles. The van der Waals surface area contributed by atoms with Crippen molar-refractivity contribution < 1.29 is 4.74 Å². The molecule has 2 heteroatoms. The molecular formula is C14H18OS. The quantitative estimate of drug-likeness (QED) is 0.679. The van der Waals surface area contributed by atoms with E-state index in [0.717, 1.165) is 19.6 Å². The van der Waals surface area contributed by atoms with Gasteiger partial charge in [-0.1, -0.05) is 25.5 Å². The minimum Gasteiger partial charge on any atom is -0.381 e. The van der Waals surface area contributed by atoms with Gasteiger partial charge in [0.2, 0.25) is 0 Å². The number of ether oxygens (including phenoxy) is 1. The lowest BCUT2D eigenvalue weighted by Crippen LogP contribution is -1.99. The summed E-state index contributed by atoms with van der Waals surface area (Å²) in [4.78, 5) is 0. The number of benzene rings is 1. The van der Waals surface area contributed by atoms with E-state index >= 15 is 0 Å². The highest BCUT2D eigenvalue weighted by Crippen LogP contribution is 2.21. The molecule has 16 heavy (non-hydrogen) atoms. The van der Waals surface area contributed by atoms with Crippen LogP contribution in [0.25, 0.3) is 10.1 Å². The number of hydrogen-bond acceptors (Lipinski definition) is 2. The lowest BCUT2D eigenvalue weighted by atomic mass is 10.1. The van der Waals surface area contributed by atoms with Gasteiger partial charge in [0, 0.05) is 11.3 Å². The minimum absolute atomic E-state index is 0.843. The summed E-state index contributed by atoms with van der Waals surface area (Å²) < 4.78 is 6.95. The summed E-state index contributed by atoms with van der Waals surface area (Å²) in [5, 5.41) is 3.50. The molecule has 1 nitrogen and oxygen atoms in total. The van der Waals surface area contributed by atoms with Crippen LogP contribution in [0.2, 0.25) is 0 Å². The monoisotopic (exact) mass is 234 g/mol. The fourth-order valence-corrected chi connectivity index (χ4v) is 2.48. The van der Waals surface area contributed by atoms with Crippen LogP contribution in [-0.2, 0) is 11.2 Å². The first kappa shape index (κ1) is 11.6. The fraction of sp³-hybridized carbons (Fsp3) is 0.429. The predicted octanol–water partition coefficient (Wildman–Crippen LogP) is 4.26. The van der Waals surface area contributed by atoms with Gasteiger partial charge in [0.1, 0.15) is 0 Å². The summed E-state index contributed by atoms with van der Waals surface area (Å²) >= 11 is 1.80. The first-order valence-electron chi connectivity index (χ1n) is 5.94. The van der Waals surface area contributed by atoms with Crippen molar-refractivity contribution in [2.24, 2.45) is 0 Å². The molecule has 0 unspecified atom stereocenters. The first-order valence-corrected chi connectivity index (χ1v) is 6.82. The fourth-order valence-electron chi connectivity index (χ4n) is 1.71. The molecule has 0 saturated carbocycles. The summed E-state index contributed by atoms with van der Waals surface area (Å²) in [6.07, 6.45) is 3.40. The molecule has 0 fully saturated rings. The topological polar surface area (TPSA) is 9.23 Å². The molecule has 0 radical (unpaired) electrons. The van der Waals surface area contributed by atoms with Crippen LogP contribution in [0.1, 0.15) is 25.3 Å². The zero-order valence-electron chi connectivity index (χ0n) is 9.74. The average molecular weight is 234 g/mol. The van der Waals surface area contributed by atoms with Gasteiger partial charge in [-0.25, -0.2) is 0 Å². The summed E-state index contributed by atoms with van der Waals surface area (Å²) in [5.41, 5.74) is 1.38. The molecule has 2 aromatic rings. The molecule has 86 valence electrons. The van der Waals surface area contributed by atoms with Gasteiger partial charge in [-0.2, -0.15) is 0 Å². The number of rotatable bonds is 6. The van der Waals surface area contributed by atoms with E-state index in [1.165, 1.54) is 28.5 Å². The highest BCUT2D eigenvalue weighted by atomic mass is 32.1. The number of hydrogen-bond donors (Lipinski definition) is 0. The van der Waals surface area contributed by atoms with Crippen LogP contribution in [0.3, 0.4) is 0 Å². The third kappa shape index (κ3) is 3.06. The Morgan fingerprint density at radius 1 is 1.19 bits per heavy atom. The Labute approximate surface area is 101 Å². The van der Waals surface area contributed by atoms with E-state index in [-0.39, 0.29) is 0 Å². The zero-order chi connectivity index (χ0) is 11.2. The van der Waals surface area contributed by atoms with Gasteiger partial charge in [-0.3, -0.25) is 0 Å². The van der Waals surface area contributed by atoms with Crippen molar-refractivity contribution in [3.63, 3.8) is 0 Å². The second-order valence-electron chi connectivity index (χ2n) is 4.01. The Kier molecular flexibility index (Phi) is 4.37. The average Bonchev–Trinajstić information content (AvgIpc) is 2.76.